The molecule has 19 nitrogen and oxygen atoms in total. The molecule has 24 rings (SSSR count). The van der Waals surface area contributed by atoms with E-state index in [1.807, 2.05) is 38.1 Å². The van der Waals surface area contributed by atoms with Crippen LogP contribution >= 0.6 is 0 Å². The van der Waals surface area contributed by atoms with E-state index >= 15 is 0 Å². The minimum absolute atomic E-state index is 0.0829. The molecule has 0 spiro atoms. The summed E-state index contributed by atoms with van der Waals surface area (Å²) in [6.07, 6.45) is 17.7. The van der Waals surface area contributed by atoms with E-state index in [-0.39, 0.29) is 130 Å². The summed E-state index contributed by atoms with van der Waals surface area (Å²) in [5.41, 5.74) is 0.432. The van der Waals surface area contributed by atoms with Gasteiger partial charge in [-0.25, -0.2) is 19.2 Å². The van der Waals surface area contributed by atoms with Crippen molar-refractivity contribution < 1.29 is 125 Å². The molecule has 740 valence electrons. The number of hydrogen-bond donors (Lipinski definition) is 0. The molecular weight excluding hydrogens is 1800 g/mol. The number of benzene rings is 5. The first kappa shape index (κ1) is 104. The number of ether oxygens (including phenoxy) is 15. The molecule has 30 heteroatoms. The Morgan fingerprint density at radius 3 is 0.851 bits per heavy atom. The Hall–Kier alpha value is -6.13. The highest BCUT2D eigenvalue weighted by Gasteiger charge is 2.63. The van der Waals surface area contributed by atoms with Crippen molar-refractivity contribution >= 4 is 56.6 Å². The molecule has 10 atom stereocenters. The maximum atomic E-state index is 13.1. The zero-order valence-corrected chi connectivity index (χ0v) is 81.7. The van der Waals surface area contributed by atoms with E-state index in [0.29, 0.717) is 99.6 Å². The largest absolute Gasteiger partial charge is 0.457 e. The lowest BCUT2D eigenvalue weighted by Crippen LogP contribution is -2.56. The van der Waals surface area contributed by atoms with Crippen molar-refractivity contribution in [2.24, 2.45) is 92.7 Å². The van der Waals surface area contributed by atoms with Crippen LogP contribution in [0.5, 0.6) is 11.5 Å². The van der Waals surface area contributed by atoms with Gasteiger partial charge in [0.25, 0.3) is 0 Å². The Balaban J connectivity index is 0.000000127. The van der Waals surface area contributed by atoms with E-state index in [1.54, 1.807) is 28.4 Å². The monoisotopic (exact) mass is 1940 g/mol. The average Bonchev–Trinajstić information content (AvgIpc) is 0.741. The second kappa shape index (κ2) is 45.6. The van der Waals surface area contributed by atoms with Crippen LogP contribution in [0.3, 0.4) is 0 Å². The molecule has 134 heavy (non-hydrogen) atoms. The third kappa shape index (κ3) is 26.6. The highest BCUT2D eigenvalue weighted by atomic mass is 32.2. The van der Waals surface area contributed by atoms with E-state index < -0.39 is 47.6 Å². The van der Waals surface area contributed by atoms with Crippen LogP contribution in [-0.2, 0) is 118 Å². The van der Waals surface area contributed by atoms with E-state index in [1.165, 1.54) is 47.5 Å². The van der Waals surface area contributed by atoms with Gasteiger partial charge in [0.15, 0.2) is 38.8 Å². The fraction of sp³-hybridized carbons (Fsp3) is 0.673. The topological polar surface area (TPSA) is 207 Å². The van der Waals surface area contributed by atoms with Gasteiger partial charge in [0.2, 0.25) is 9.79 Å². The number of esters is 4. The summed E-state index contributed by atoms with van der Waals surface area (Å²) in [7, 11) is 7.28. The number of carbonyl (C=O) groups is 4. The van der Waals surface area contributed by atoms with Crippen LogP contribution in [0.2, 0.25) is 0 Å². The van der Waals surface area contributed by atoms with Gasteiger partial charge < -0.3 is 71.1 Å². The number of fused-ring (bicyclic) bond motifs is 2. The van der Waals surface area contributed by atoms with Crippen molar-refractivity contribution in [2.45, 2.75) is 255 Å². The highest BCUT2D eigenvalue weighted by molar-refractivity contribution is 7.97. The normalized spacial score (nSPS) is 32.4. The van der Waals surface area contributed by atoms with E-state index in [9.17, 15) is 54.3 Å². The van der Waals surface area contributed by atoms with Gasteiger partial charge in [-0.3, -0.25) is 0 Å². The van der Waals surface area contributed by atoms with Crippen molar-refractivity contribution in [1.82, 2.24) is 0 Å². The zero-order valence-electron chi connectivity index (χ0n) is 79.2. The molecule has 19 aliphatic rings. The Kier molecular flexibility index (Phi) is 35.3. The molecule has 0 amide bonds. The maximum Gasteiger partial charge on any atom is 0.376 e. The van der Waals surface area contributed by atoms with Crippen molar-refractivity contribution in [2.75, 3.05) is 118 Å². The predicted molar refractivity (Wildman–Crippen MR) is 493 cm³/mol. The van der Waals surface area contributed by atoms with Crippen molar-refractivity contribution in [1.29, 1.82) is 0 Å². The number of alkyl halides is 8. The molecule has 2 saturated heterocycles. The number of methoxy groups -OCH3 is 4. The summed E-state index contributed by atoms with van der Waals surface area (Å²) < 4.78 is 186. The molecular formula is C104H139F8O19S3+3. The van der Waals surface area contributed by atoms with Gasteiger partial charge in [0, 0.05) is 77.9 Å². The third-order valence-corrected chi connectivity index (χ3v) is 37.0. The smallest absolute Gasteiger partial charge is 0.376 e. The van der Waals surface area contributed by atoms with Gasteiger partial charge in [-0.15, -0.1) is 0 Å². The van der Waals surface area contributed by atoms with Crippen LogP contribution in [0.25, 0.3) is 0 Å². The number of carbonyl (C=O) groups excluding carboxylic acids is 4. The Morgan fingerprint density at radius 1 is 0.351 bits per heavy atom. The fourth-order valence-electron chi connectivity index (χ4n) is 25.6. The molecule has 0 radical (unpaired) electrons. The Bertz CT molecular complexity index is 4250. The van der Waals surface area contributed by atoms with Crippen LogP contribution in [0.1, 0.15) is 170 Å². The van der Waals surface area contributed by atoms with Crippen molar-refractivity contribution in [3.8, 4) is 11.5 Å². The average molecular weight is 1940 g/mol. The summed E-state index contributed by atoms with van der Waals surface area (Å²) in [5.74, 6) is -8.40. The lowest BCUT2D eigenvalue weighted by atomic mass is 9.48. The summed E-state index contributed by atoms with van der Waals surface area (Å²) in [5, 5.41) is 0. The fourth-order valence-corrected chi connectivity index (χ4v) is 31.5. The number of hydrogen-bond acceptors (Lipinski definition) is 19. The standard InChI is InChI=1S/C18H13OS.2C17H26F2O4.2C16H24F2O4.2C10H13OS/c1-2-8-14(9-3-1)20-17-12-6-4-10-15(17)19-16-11-5-7-13-18(16)20;2*1-10(21-3)22-9-17-6-11-4-12(7-17)14(13(5-11)8-17)23-15(20)16(2,18)19;2*1-15(17,18)14(19)22-13-11-3-10-4-12(13)7-16(5-10,6-11)8-21-9-20-2;2*1-2-4-10(5-3-1)12-8-6-11-7-9-12/h1-13H;2*10-14H,4-9H2,1-3H3;2*10-13H,3-9H2,1-2H3;2*1-5H,6-9H2/q+1;;;;;2*+1. The van der Waals surface area contributed by atoms with Crippen LogP contribution in [0.15, 0.2) is 164 Å². The van der Waals surface area contributed by atoms with Crippen molar-refractivity contribution in [3.05, 3.63) is 140 Å². The molecule has 10 unspecified atom stereocenters. The third-order valence-electron chi connectivity index (χ3n) is 30.2. The van der Waals surface area contributed by atoms with E-state index in [4.69, 9.17) is 71.1 Å². The maximum absolute atomic E-state index is 13.1. The highest BCUT2D eigenvalue weighted by Crippen LogP contribution is 2.66. The van der Waals surface area contributed by atoms with Gasteiger partial charge in [-0.05, 0) is 296 Å². The SMILES string of the molecule is COC(C)OCC12CC3CC(C1)C(OC(=O)C(C)(F)F)C(C3)C2.COC(C)OCC12CC3CC(C1)C(OC(=O)C(C)(F)F)C(C3)C2.COCOCC12CC3CC(C1)C(OC(=O)C(C)(F)F)C(C3)C2.COCOCC12CC3CC(C1)C(OC(=O)C(C)(F)F)C(C3)C2.c1ccc([S+]2CCOCC2)cc1.c1ccc([S+]2CCOCC2)cc1.c1ccc([S+]2c3ccccc3Oc3ccccc32)cc1. The minimum atomic E-state index is -3.41. The summed E-state index contributed by atoms with van der Waals surface area (Å²) in [6.45, 7) is 13.0. The molecule has 5 aromatic rings. The molecule has 16 aliphatic carbocycles. The van der Waals surface area contributed by atoms with Crippen molar-refractivity contribution in [3.63, 3.8) is 0 Å². The molecule has 16 bridgehead atoms. The van der Waals surface area contributed by atoms with Crippen LogP contribution < -0.4 is 4.74 Å². The molecule has 0 aromatic heterocycles. The van der Waals surface area contributed by atoms with Gasteiger partial charge in [0.1, 0.15) is 71.9 Å². The summed E-state index contributed by atoms with van der Waals surface area (Å²) >= 11 is 0. The van der Waals surface area contributed by atoms with Crippen LogP contribution in [0.4, 0.5) is 35.1 Å². The first-order valence-corrected chi connectivity index (χ1v) is 52.4. The first-order valence-electron chi connectivity index (χ1n) is 48.0. The number of para-hydroxylation sites is 2. The number of rotatable bonds is 27. The predicted octanol–water partition coefficient (Wildman–Crippen LogP) is 21.1. The second-order valence-corrected chi connectivity index (χ2v) is 47.4. The Morgan fingerprint density at radius 2 is 0.597 bits per heavy atom. The quantitative estimate of drug-likeness (QED) is 0.0117. The lowest BCUT2D eigenvalue weighted by Gasteiger charge is -2.59. The zero-order chi connectivity index (χ0) is 95.4. The van der Waals surface area contributed by atoms with E-state index in [0.717, 1.165) is 166 Å². The molecule has 18 fully saturated rings. The summed E-state index contributed by atoms with van der Waals surface area (Å²) in [4.78, 5) is 53.1. The molecule has 0 N–H and O–H groups in total. The van der Waals surface area contributed by atoms with Gasteiger partial charge in [-0.2, -0.15) is 35.1 Å². The first-order chi connectivity index (χ1) is 64.0. The molecule has 3 aliphatic heterocycles. The van der Waals surface area contributed by atoms with Gasteiger partial charge in [-0.1, -0.05) is 78.9 Å². The van der Waals surface area contributed by atoms with Gasteiger partial charge in [0.05, 0.1) is 52.9 Å². The Labute approximate surface area is 794 Å². The second-order valence-electron chi connectivity index (χ2n) is 40.9. The van der Waals surface area contributed by atoms with Crippen LogP contribution in [0, 0.1) is 92.7 Å². The lowest BCUT2D eigenvalue weighted by molar-refractivity contribution is -0.214. The molecule has 16 saturated carbocycles. The summed E-state index contributed by atoms with van der Waals surface area (Å²) in [6, 6.07) is 48.9. The number of halogens is 8. The molecule has 3 heterocycles. The minimum Gasteiger partial charge on any atom is -0.457 e. The van der Waals surface area contributed by atoms with Gasteiger partial charge >= 0.3 is 47.6 Å². The molecule has 5 aromatic carbocycles. The van der Waals surface area contributed by atoms with Crippen LogP contribution in [-0.4, -0.2) is 202 Å². The van der Waals surface area contributed by atoms with E-state index in [2.05, 4.69) is 115 Å².